The van der Waals surface area contributed by atoms with E-state index >= 15 is 0 Å². The Bertz CT molecular complexity index is 433. The highest BCUT2D eigenvalue weighted by Gasteiger charge is 2.27. The van der Waals surface area contributed by atoms with Crippen molar-refractivity contribution in [3.05, 3.63) is 35.9 Å². The standard InChI is InChI=1S/C15H21NO4/c1-4-12(14(17)20-5-2)16-13(15(18)19-3)11-9-7-6-8-10-11/h6-10,12-13,16H,4-5H2,1-3H3. The lowest BCUT2D eigenvalue weighted by Gasteiger charge is -2.22. The summed E-state index contributed by atoms with van der Waals surface area (Å²) in [5, 5.41) is 3.01. The second kappa shape index (κ2) is 8.32. The van der Waals surface area contributed by atoms with Crippen LogP contribution in [0.2, 0.25) is 0 Å². The average molecular weight is 279 g/mol. The lowest BCUT2D eigenvalue weighted by atomic mass is 10.1. The van der Waals surface area contributed by atoms with Gasteiger partial charge in [0.1, 0.15) is 12.1 Å². The Morgan fingerprint density at radius 1 is 1.15 bits per heavy atom. The van der Waals surface area contributed by atoms with Gasteiger partial charge in [0.25, 0.3) is 0 Å². The molecule has 0 saturated carbocycles. The topological polar surface area (TPSA) is 64.6 Å². The van der Waals surface area contributed by atoms with Crippen LogP contribution in [0, 0.1) is 0 Å². The highest BCUT2D eigenvalue weighted by Crippen LogP contribution is 2.16. The number of methoxy groups -OCH3 is 1. The molecule has 0 amide bonds. The number of hydrogen-bond acceptors (Lipinski definition) is 5. The zero-order valence-electron chi connectivity index (χ0n) is 12.1. The van der Waals surface area contributed by atoms with Crippen molar-refractivity contribution >= 4 is 11.9 Å². The van der Waals surface area contributed by atoms with Gasteiger partial charge in [0, 0.05) is 0 Å². The average Bonchev–Trinajstić information content (AvgIpc) is 2.48. The third-order valence-electron chi connectivity index (χ3n) is 2.92. The molecule has 0 fully saturated rings. The summed E-state index contributed by atoms with van der Waals surface area (Å²) >= 11 is 0. The first-order valence-corrected chi connectivity index (χ1v) is 6.69. The van der Waals surface area contributed by atoms with Crippen molar-refractivity contribution in [1.29, 1.82) is 0 Å². The summed E-state index contributed by atoms with van der Waals surface area (Å²) in [4.78, 5) is 23.7. The van der Waals surface area contributed by atoms with E-state index in [4.69, 9.17) is 9.47 Å². The van der Waals surface area contributed by atoms with Crippen molar-refractivity contribution in [1.82, 2.24) is 5.32 Å². The summed E-state index contributed by atoms with van der Waals surface area (Å²) in [6, 6.07) is 7.92. The van der Waals surface area contributed by atoms with Crippen LogP contribution in [0.5, 0.6) is 0 Å². The first kappa shape index (κ1) is 16.2. The van der Waals surface area contributed by atoms with Crippen LogP contribution in [0.4, 0.5) is 0 Å². The maximum absolute atomic E-state index is 11.9. The van der Waals surface area contributed by atoms with Crippen LogP contribution in [0.1, 0.15) is 31.9 Å². The predicted molar refractivity (Wildman–Crippen MR) is 75.0 cm³/mol. The monoisotopic (exact) mass is 279 g/mol. The largest absolute Gasteiger partial charge is 0.468 e. The third kappa shape index (κ3) is 4.35. The Morgan fingerprint density at radius 3 is 2.30 bits per heavy atom. The molecule has 0 saturated heterocycles. The van der Waals surface area contributed by atoms with Gasteiger partial charge < -0.3 is 9.47 Å². The zero-order valence-corrected chi connectivity index (χ0v) is 12.1. The van der Waals surface area contributed by atoms with E-state index in [-0.39, 0.29) is 5.97 Å². The molecule has 0 bridgehead atoms. The van der Waals surface area contributed by atoms with Crippen molar-refractivity contribution < 1.29 is 19.1 Å². The van der Waals surface area contributed by atoms with Crippen LogP contribution >= 0.6 is 0 Å². The number of benzene rings is 1. The number of nitrogens with one attached hydrogen (secondary N) is 1. The minimum Gasteiger partial charge on any atom is -0.468 e. The second-order valence-corrected chi connectivity index (χ2v) is 4.25. The van der Waals surface area contributed by atoms with Crippen molar-refractivity contribution in [2.45, 2.75) is 32.4 Å². The molecule has 1 aromatic carbocycles. The Balaban J connectivity index is 2.89. The maximum atomic E-state index is 11.9. The van der Waals surface area contributed by atoms with E-state index in [9.17, 15) is 9.59 Å². The molecule has 1 aromatic rings. The summed E-state index contributed by atoms with van der Waals surface area (Å²) < 4.78 is 9.79. The molecular weight excluding hydrogens is 258 g/mol. The Labute approximate surface area is 119 Å². The van der Waals surface area contributed by atoms with E-state index in [2.05, 4.69) is 5.32 Å². The molecular formula is C15H21NO4. The molecule has 5 nitrogen and oxygen atoms in total. The molecule has 0 heterocycles. The van der Waals surface area contributed by atoms with Gasteiger partial charge in [-0.15, -0.1) is 0 Å². The van der Waals surface area contributed by atoms with Crippen molar-refractivity contribution in [2.75, 3.05) is 13.7 Å². The molecule has 0 radical (unpaired) electrons. The van der Waals surface area contributed by atoms with Crippen LogP contribution < -0.4 is 5.32 Å². The van der Waals surface area contributed by atoms with Crippen LogP contribution in [-0.2, 0) is 19.1 Å². The summed E-state index contributed by atoms with van der Waals surface area (Å²) in [5.41, 5.74) is 0.752. The summed E-state index contributed by atoms with van der Waals surface area (Å²) in [6.07, 6.45) is 0.527. The molecule has 5 heteroatoms. The molecule has 0 aromatic heterocycles. The molecule has 2 unspecified atom stereocenters. The predicted octanol–water partition coefficient (Wildman–Crippen LogP) is 1.83. The van der Waals surface area contributed by atoms with Crippen molar-refractivity contribution in [2.24, 2.45) is 0 Å². The molecule has 1 N–H and O–H groups in total. The summed E-state index contributed by atoms with van der Waals surface area (Å²) in [7, 11) is 1.32. The zero-order chi connectivity index (χ0) is 15.0. The number of ether oxygens (including phenoxy) is 2. The Morgan fingerprint density at radius 2 is 1.80 bits per heavy atom. The van der Waals surface area contributed by atoms with E-state index in [1.807, 2.05) is 37.3 Å². The van der Waals surface area contributed by atoms with Crippen LogP contribution in [-0.4, -0.2) is 31.7 Å². The first-order chi connectivity index (χ1) is 9.63. The quantitative estimate of drug-likeness (QED) is 0.771. The lowest BCUT2D eigenvalue weighted by molar-refractivity contribution is -0.148. The smallest absolute Gasteiger partial charge is 0.327 e. The van der Waals surface area contributed by atoms with E-state index in [1.54, 1.807) is 6.92 Å². The highest BCUT2D eigenvalue weighted by atomic mass is 16.5. The Hall–Kier alpha value is -1.88. The number of carbonyl (C=O) groups is 2. The van der Waals surface area contributed by atoms with Gasteiger partial charge in [0.15, 0.2) is 0 Å². The molecule has 110 valence electrons. The van der Waals surface area contributed by atoms with Gasteiger partial charge in [-0.1, -0.05) is 37.3 Å². The van der Waals surface area contributed by atoms with E-state index < -0.39 is 18.1 Å². The minimum atomic E-state index is -0.685. The van der Waals surface area contributed by atoms with Crippen LogP contribution in [0.3, 0.4) is 0 Å². The van der Waals surface area contributed by atoms with E-state index in [1.165, 1.54) is 7.11 Å². The van der Waals surface area contributed by atoms with Gasteiger partial charge in [0.2, 0.25) is 0 Å². The highest BCUT2D eigenvalue weighted by molar-refractivity contribution is 5.80. The van der Waals surface area contributed by atoms with Gasteiger partial charge >= 0.3 is 11.9 Å². The fourth-order valence-corrected chi connectivity index (χ4v) is 1.86. The minimum absolute atomic E-state index is 0.311. The molecule has 2 atom stereocenters. The number of esters is 2. The SMILES string of the molecule is CCOC(=O)C(CC)NC(C(=O)OC)c1ccccc1. The fourth-order valence-electron chi connectivity index (χ4n) is 1.86. The summed E-state index contributed by atoms with van der Waals surface area (Å²) in [6.45, 7) is 3.92. The number of hydrogen-bond donors (Lipinski definition) is 1. The van der Waals surface area contributed by atoms with E-state index in [0.717, 1.165) is 5.56 Å². The summed E-state index contributed by atoms with van der Waals surface area (Å²) in [5.74, 6) is -0.793. The van der Waals surface area contributed by atoms with Gasteiger partial charge in [0.05, 0.1) is 13.7 Å². The molecule has 0 aliphatic rings. The van der Waals surface area contributed by atoms with Gasteiger partial charge in [-0.2, -0.15) is 0 Å². The fraction of sp³-hybridized carbons (Fsp3) is 0.467. The lowest BCUT2D eigenvalue weighted by Crippen LogP contribution is -2.43. The van der Waals surface area contributed by atoms with Crippen LogP contribution in [0.25, 0.3) is 0 Å². The van der Waals surface area contributed by atoms with Crippen LogP contribution in [0.15, 0.2) is 30.3 Å². The first-order valence-electron chi connectivity index (χ1n) is 6.69. The molecule has 1 rings (SSSR count). The normalized spacial score (nSPS) is 13.3. The van der Waals surface area contributed by atoms with Gasteiger partial charge in [-0.05, 0) is 18.9 Å². The number of rotatable bonds is 7. The maximum Gasteiger partial charge on any atom is 0.327 e. The van der Waals surface area contributed by atoms with Gasteiger partial charge in [-0.25, -0.2) is 4.79 Å². The Kier molecular flexibility index (Phi) is 6.73. The number of carbonyl (C=O) groups excluding carboxylic acids is 2. The van der Waals surface area contributed by atoms with E-state index in [0.29, 0.717) is 13.0 Å². The molecule has 0 aliphatic carbocycles. The third-order valence-corrected chi connectivity index (χ3v) is 2.92. The van der Waals surface area contributed by atoms with Crippen molar-refractivity contribution in [3.63, 3.8) is 0 Å². The second-order valence-electron chi connectivity index (χ2n) is 4.25. The molecule has 0 spiro atoms. The molecule has 0 aliphatic heterocycles. The van der Waals surface area contributed by atoms with Crippen molar-refractivity contribution in [3.8, 4) is 0 Å². The molecule has 20 heavy (non-hydrogen) atoms. The van der Waals surface area contributed by atoms with Gasteiger partial charge in [-0.3, -0.25) is 10.1 Å².